The topological polar surface area (TPSA) is 37.3 Å². The maximum Gasteiger partial charge on any atom is 0.307 e. The molecule has 0 amide bonds. The highest BCUT2D eigenvalue weighted by Gasteiger charge is 2.19. The summed E-state index contributed by atoms with van der Waals surface area (Å²) in [6.45, 7) is 0. The molecule has 1 aliphatic carbocycles. The van der Waals surface area contributed by atoms with Gasteiger partial charge in [-0.05, 0) is 40.0 Å². The second-order valence-electron chi connectivity index (χ2n) is 4.80. The number of fused-ring (bicyclic) bond motifs is 1. The van der Waals surface area contributed by atoms with E-state index in [4.69, 9.17) is 5.11 Å². The smallest absolute Gasteiger partial charge is 0.307 e. The molecular formula is C18H14O2. The number of allylic oxidation sites excluding steroid dienone is 2. The lowest BCUT2D eigenvalue weighted by Gasteiger charge is -2.03. The third-order valence-electron chi connectivity index (χ3n) is 3.38. The molecule has 0 aromatic heterocycles. The van der Waals surface area contributed by atoms with Crippen molar-refractivity contribution in [3.8, 4) is 0 Å². The molecule has 0 bridgehead atoms. The lowest BCUT2D eigenvalue weighted by molar-refractivity contribution is -0.135. The fourth-order valence-electron chi connectivity index (χ4n) is 2.52. The van der Waals surface area contributed by atoms with E-state index in [1.54, 1.807) is 0 Å². The van der Waals surface area contributed by atoms with Crippen molar-refractivity contribution in [3.63, 3.8) is 0 Å². The number of hydrogen-bond acceptors (Lipinski definition) is 1. The first-order chi connectivity index (χ1) is 9.74. The Morgan fingerprint density at radius 1 is 0.950 bits per heavy atom. The summed E-state index contributed by atoms with van der Waals surface area (Å²) in [4.78, 5) is 11.0. The largest absolute Gasteiger partial charge is 0.481 e. The molecule has 0 unspecified atom stereocenters. The molecule has 0 saturated heterocycles. The Morgan fingerprint density at radius 3 is 2.30 bits per heavy atom. The number of benzene rings is 2. The van der Waals surface area contributed by atoms with Crippen LogP contribution in [0.1, 0.15) is 23.1 Å². The van der Waals surface area contributed by atoms with Crippen LogP contribution < -0.4 is 0 Å². The van der Waals surface area contributed by atoms with Gasteiger partial charge < -0.3 is 5.11 Å². The SMILES string of the molecule is O=C(O)CC1=C/C(=C\c2ccccc2)c2ccccc21. The van der Waals surface area contributed by atoms with Crippen LogP contribution in [0.4, 0.5) is 0 Å². The summed E-state index contributed by atoms with van der Waals surface area (Å²) >= 11 is 0. The van der Waals surface area contributed by atoms with Gasteiger partial charge in [0, 0.05) is 0 Å². The zero-order valence-electron chi connectivity index (χ0n) is 10.9. The van der Waals surface area contributed by atoms with Crippen LogP contribution in [0.3, 0.4) is 0 Å². The van der Waals surface area contributed by atoms with Crippen molar-refractivity contribution in [2.45, 2.75) is 6.42 Å². The Labute approximate surface area is 117 Å². The molecule has 20 heavy (non-hydrogen) atoms. The van der Waals surface area contributed by atoms with E-state index in [9.17, 15) is 4.79 Å². The minimum Gasteiger partial charge on any atom is -0.481 e. The van der Waals surface area contributed by atoms with E-state index in [0.29, 0.717) is 0 Å². The van der Waals surface area contributed by atoms with Crippen LogP contribution in [-0.2, 0) is 4.79 Å². The number of hydrogen-bond donors (Lipinski definition) is 1. The van der Waals surface area contributed by atoms with E-state index >= 15 is 0 Å². The van der Waals surface area contributed by atoms with Gasteiger partial charge in [-0.15, -0.1) is 0 Å². The fraction of sp³-hybridized carbons (Fsp3) is 0.0556. The number of carbonyl (C=O) groups is 1. The molecule has 0 spiro atoms. The molecule has 0 heterocycles. The van der Waals surface area contributed by atoms with E-state index in [1.807, 2.05) is 60.7 Å². The van der Waals surface area contributed by atoms with Gasteiger partial charge in [-0.25, -0.2) is 0 Å². The number of aliphatic carboxylic acids is 1. The summed E-state index contributed by atoms with van der Waals surface area (Å²) in [7, 11) is 0. The highest BCUT2D eigenvalue weighted by atomic mass is 16.4. The van der Waals surface area contributed by atoms with Gasteiger partial charge in [0.15, 0.2) is 0 Å². The summed E-state index contributed by atoms with van der Waals surface area (Å²) in [5, 5.41) is 9.02. The molecule has 0 atom stereocenters. The predicted molar refractivity (Wildman–Crippen MR) is 81.0 cm³/mol. The summed E-state index contributed by atoms with van der Waals surface area (Å²) in [6, 6.07) is 18.0. The molecule has 2 nitrogen and oxygen atoms in total. The summed E-state index contributed by atoms with van der Waals surface area (Å²) in [5.41, 5.74) is 5.19. The summed E-state index contributed by atoms with van der Waals surface area (Å²) in [6.07, 6.45) is 4.13. The molecule has 0 saturated carbocycles. The Bertz CT molecular complexity index is 709. The van der Waals surface area contributed by atoms with Crippen LogP contribution in [0.25, 0.3) is 17.2 Å². The van der Waals surface area contributed by atoms with Gasteiger partial charge in [0.25, 0.3) is 0 Å². The molecule has 0 radical (unpaired) electrons. The van der Waals surface area contributed by atoms with Crippen molar-refractivity contribution < 1.29 is 9.90 Å². The Hall–Kier alpha value is -2.61. The fourth-order valence-corrected chi connectivity index (χ4v) is 2.52. The molecule has 1 N–H and O–H groups in total. The highest BCUT2D eigenvalue weighted by Crippen LogP contribution is 2.37. The van der Waals surface area contributed by atoms with Gasteiger partial charge in [-0.1, -0.05) is 54.6 Å². The van der Waals surface area contributed by atoms with Crippen LogP contribution in [0.15, 0.2) is 60.7 Å². The summed E-state index contributed by atoms with van der Waals surface area (Å²) in [5.74, 6) is -0.799. The van der Waals surface area contributed by atoms with E-state index in [0.717, 1.165) is 27.8 Å². The van der Waals surface area contributed by atoms with Crippen molar-refractivity contribution in [3.05, 3.63) is 77.4 Å². The Kier molecular flexibility index (Phi) is 3.21. The quantitative estimate of drug-likeness (QED) is 0.904. The third kappa shape index (κ3) is 2.41. The molecule has 1 aliphatic rings. The minimum absolute atomic E-state index is 0.0587. The molecule has 0 aliphatic heterocycles. The van der Waals surface area contributed by atoms with E-state index in [1.165, 1.54) is 0 Å². The minimum atomic E-state index is -0.799. The second kappa shape index (κ2) is 5.17. The molecule has 0 fully saturated rings. The molecular weight excluding hydrogens is 248 g/mol. The van der Waals surface area contributed by atoms with E-state index < -0.39 is 5.97 Å². The average molecular weight is 262 g/mol. The molecule has 2 aromatic carbocycles. The normalized spacial score (nSPS) is 15.0. The first kappa shape index (κ1) is 12.4. The first-order valence-corrected chi connectivity index (χ1v) is 6.53. The maximum absolute atomic E-state index is 11.0. The van der Waals surface area contributed by atoms with Crippen molar-refractivity contribution in [2.75, 3.05) is 0 Å². The molecule has 3 rings (SSSR count). The van der Waals surface area contributed by atoms with Crippen LogP contribution in [0.2, 0.25) is 0 Å². The van der Waals surface area contributed by atoms with Gasteiger partial charge in [0.2, 0.25) is 0 Å². The monoisotopic (exact) mass is 262 g/mol. The zero-order chi connectivity index (χ0) is 13.9. The molecule has 98 valence electrons. The third-order valence-corrected chi connectivity index (χ3v) is 3.38. The van der Waals surface area contributed by atoms with Crippen LogP contribution in [0.5, 0.6) is 0 Å². The van der Waals surface area contributed by atoms with Crippen molar-refractivity contribution in [1.82, 2.24) is 0 Å². The van der Waals surface area contributed by atoms with Crippen LogP contribution in [-0.4, -0.2) is 11.1 Å². The van der Waals surface area contributed by atoms with E-state index in [-0.39, 0.29) is 6.42 Å². The second-order valence-corrected chi connectivity index (χ2v) is 4.80. The van der Waals surface area contributed by atoms with E-state index in [2.05, 4.69) is 6.08 Å². The van der Waals surface area contributed by atoms with Crippen molar-refractivity contribution in [2.24, 2.45) is 0 Å². The molecule has 2 heteroatoms. The van der Waals surface area contributed by atoms with Gasteiger partial charge in [-0.2, -0.15) is 0 Å². The standard InChI is InChI=1S/C18H14O2/c19-18(20)12-15-11-14(10-13-6-2-1-3-7-13)16-8-4-5-9-17(15)16/h1-11H,12H2,(H,19,20)/b14-10+. The Balaban J connectivity index is 2.06. The lowest BCUT2D eigenvalue weighted by Crippen LogP contribution is -1.95. The number of carboxylic acid groups (broad SMARTS) is 1. The van der Waals surface area contributed by atoms with Gasteiger partial charge >= 0.3 is 5.97 Å². The number of rotatable bonds is 3. The van der Waals surface area contributed by atoms with Gasteiger partial charge in [-0.3, -0.25) is 4.79 Å². The van der Waals surface area contributed by atoms with Crippen molar-refractivity contribution in [1.29, 1.82) is 0 Å². The van der Waals surface area contributed by atoms with Crippen LogP contribution in [0, 0.1) is 0 Å². The zero-order valence-corrected chi connectivity index (χ0v) is 10.9. The molecule has 2 aromatic rings. The van der Waals surface area contributed by atoms with Crippen molar-refractivity contribution >= 4 is 23.2 Å². The maximum atomic E-state index is 11.0. The predicted octanol–water partition coefficient (Wildman–Crippen LogP) is 4.10. The Morgan fingerprint density at radius 2 is 1.60 bits per heavy atom. The van der Waals surface area contributed by atoms with Crippen LogP contribution >= 0.6 is 0 Å². The first-order valence-electron chi connectivity index (χ1n) is 6.53. The van der Waals surface area contributed by atoms with Gasteiger partial charge in [0.05, 0.1) is 6.42 Å². The van der Waals surface area contributed by atoms with Gasteiger partial charge in [0.1, 0.15) is 0 Å². The number of carboxylic acids is 1. The highest BCUT2D eigenvalue weighted by molar-refractivity contribution is 6.04. The summed E-state index contributed by atoms with van der Waals surface area (Å²) < 4.78 is 0. The lowest BCUT2D eigenvalue weighted by atomic mass is 10.0. The average Bonchev–Trinajstić information content (AvgIpc) is 2.78.